The second-order valence-electron chi connectivity index (χ2n) is 24.9. The zero-order chi connectivity index (χ0) is 66.0. The average molecular weight is 1240 g/mol. The fraction of sp³-hybridized carbons (Fsp3) is 0.677. The zero-order valence-electron chi connectivity index (χ0n) is 55.4. The fourth-order valence-corrected chi connectivity index (χ4v) is 11.4. The zero-order valence-corrected chi connectivity index (χ0v) is 55.4. The van der Waals surface area contributed by atoms with Crippen LogP contribution in [0.1, 0.15) is 139 Å². The van der Waals surface area contributed by atoms with E-state index in [1.54, 1.807) is 77.6 Å². The van der Waals surface area contributed by atoms with Crippen molar-refractivity contribution in [1.82, 2.24) is 41.3 Å². The summed E-state index contributed by atoms with van der Waals surface area (Å²) in [4.78, 5) is 129. The van der Waals surface area contributed by atoms with E-state index in [2.05, 4.69) is 26.6 Å². The monoisotopic (exact) mass is 1230 g/mol. The van der Waals surface area contributed by atoms with Crippen LogP contribution in [-0.4, -0.2) is 190 Å². The van der Waals surface area contributed by atoms with E-state index in [-0.39, 0.29) is 67.8 Å². The molecule has 88 heavy (non-hydrogen) atoms. The molecule has 0 radical (unpaired) electrons. The van der Waals surface area contributed by atoms with Crippen LogP contribution in [0.25, 0.3) is 0 Å². The Labute approximate surface area is 523 Å². The molecule has 2 aromatic rings. The van der Waals surface area contributed by atoms with Gasteiger partial charge >= 0.3 is 18.1 Å². The predicted octanol–water partition coefficient (Wildman–Crippen LogP) is 5.74. The number of ether oxygens (including phenoxy) is 4. The molecule has 0 aromatic heterocycles. The van der Waals surface area contributed by atoms with Gasteiger partial charge in [0.2, 0.25) is 35.4 Å². The molecular weight excluding hydrogens is 1130 g/mol. The molecule has 9 amide bonds. The highest BCUT2D eigenvalue weighted by Crippen LogP contribution is 2.30. The number of nitrogens with two attached hydrogens (primary N) is 1. The van der Waals surface area contributed by atoms with Crippen molar-refractivity contribution in [3.63, 3.8) is 0 Å². The van der Waals surface area contributed by atoms with Crippen molar-refractivity contribution in [3.8, 4) is 0 Å². The Morgan fingerprint density at radius 2 is 1.40 bits per heavy atom. The lowest BCUT2D eigenvalue weighted by atomic mass is 9.89. The number of carbonyl (C=O) groups is 9. The lowest BCUT2D eigenvalue weighted by Crippen LogP contribution is -2.57. The third kappa shape index (κ3) is 23.6. The van der Waals surface area contributed by atoms with E-state index in [0.29, 0.717) is 63.8 Å². The smallest absolute Gasteiger partial charge is 0.408 e. The van der Waals surface area contributed by atoms with Gasteiger partial charge in [-0.3, -0.25) is 33.7 Å². The first-order valence-corrected chi connectivity index (χ1v) is 31.3. The highest BCUT2D eigenvalue weighted by atomic mass is 16.6. The number of primary amides is 1. The number of hydrogen-bond acceptors (Lipinski definition) is 14. The van der Waals surface area contributed by atoms with E-state index in [4.69, 9.17) is 24.7 Å². The number of rotatable bonds is 36. The Balaban J connectivity index is 1.74. The van der Waals surface area contributed by atoms with Gasteiger partial charge in [0.1, 0.15) is 23.7 Å². The number of carbonyl (C=O) groups excluding carboxylic acids is 9. The summed E-state index contributed by atoms with van der Waals surface area (Å²) in [6.45, 7) is 21.6. The van der Waals surface area contributed by atoms with Crippen LogP contribution in [0.15, 0.2) is 54.6 Å². The molecule has 3 rings (SSSR count). The first-order chi connectivity index (χ1) is 41.5. The third-order valence-corrected chi connectivity index (χ3v) is 16.4. The number of nitrogens with one attached hydrogen (secondary N) is 5. The minimum atomic E-state index is -1.03. The van der Waals surface area contributed by atoms with Gasteiger partial charge in [0.15, 0.2) is 0 Å². The quantitative estimate of drug-likeness (QED) is 0.0351. The number of benzene rings is 2. The topological polar surface area (TPSA) is 290 Å². The Morgan fingerprint density at radius 3 is 1.95 bits per heavy atom. The Hall–Kier alpha value is -6.85. The molecule has 1 fully saturated rings. The van der Waals surface area contributed by atoms with Crippen molar-refractivity contribution >= 4 is 59.2 Å². The van der Waals surface area contributed by atoms with Gasteiger partial charge < -0.3 is 66.0 Å². The summed E-state index contributed by atoms with van der Waals surface area (Å²) in [5, 5.41) is 13.8. The van der Waals surface area contributed by atoms with Crippen LogP contribution in [0.5, 0.6) is 0 Å². The van der Waals surface area contributed by atoms with Crippen molar-refractivity contribution in [2.45, 2.75) is 194 Å². The minimum absolute atomic E-state index is 0.0452. The number of likely N-dealkylation sites (N-methyl/N-ethyl adjacent to an activating group) is 2. The van der Waals surface area contributed by atoms with Crippen molar-refractivity contribution in [1.29, 1.82) is 0 Å². The number of amides is 9. The summed E-state index contributed by atoms with van der Waals surface area (Å²) < 4.78 is 22.6. The molecule has 0 bridgehead atoms. The fourth-order valence-electron chi connectivity index (χ4n) is 11.4. The summed E-state index contributed by atoms with van der Waals surface area (Å²) in [6, 6.07) is 11.4. The molecule has 10 unspecified atom stereocenters. The molecule has 494 valence electrons. The maximum absolute atomic E-state index is 14.6. The molecule has 1 saturated heterocycles. The molecule has 23 heteroatoms. The van der Waals surface area contributed by atoms with E-state index in [0.717, 1.165) is 17.5 Å². The maximum atomic E-state index is 14.6. The van der Waals surface area contributed by atoms with Crippen LogP contribution in [0.2, 0.25) is 0 Å². The van der Waals surface area contributed by atoms with Crippen LogP contribution in [0.4, 0.5) is 15.3 Å². The SMILES string of the molecule is CCCCN(C(=O)CNC(=O)C(C(C)C)N(C)CCc1ccc(N(C)C(=O)C(CCCNC(N)=O)NC(=O)C(NC(=O)OC(C)(C)C)C(C)C)cc1)C(C(C)CC)C(CC(=O)N1CCCC1C(OC)C(C)C(=O)NC(Cc1ccccc1)C(=O)OC)OC. The van der Waals surface area contributed by atoms with Crippen molar-refractivity contribution in [3.05, 3.63) is 65.7 Å². The molecule has 1 aliphatic rings. The summed E-state index contributed by atoms with van der Waals surface area (Å²) in [7, 11) is 7.80. The van der Waals surface area contributed by atoms with Gasteiger partial charge in [0.05, 0.1) is 56.3 Å². The normalized spacial score (nSPS) is 16.4. The number of hydrogen-bond donors (Lipinski definition) is 6. The minimum Gasteiger partial charge on any atom is -0.467 e. The number of likely N-dealkylation sites (tertiary alicyclic amines) is 1. The van der Waals surface area contributed by atoms with Crippen molar-refractivity contribution < 1.29 is 62.1 Å². The van der Waals surface area contributed by atoms with Gasteiger partial charge in [0.25, 0.3) is 0 Å². The van der Waals surface area contributed by atoms with E-state index in [9.17, 15) is 43.2 Å². The average Bonchev–Trinajstić information content (AvgIpc) is 4.22. The number of nitrogens with zero attached hydrogens (tertiary/aromatic N) is 4. The van der Waals surface area contributed by atoms with Crippen LogP contribution < -0.4 is 37.2 Å². The van der Waals surface area contributed by atoms with Gasteiger partial charge in [-0.2, -0.15) is 0 Å². The first kappa shape index (κ1) is 75.4. The number of unbranched alkanes of at least 4 members (excludes halogenated alkanes) is 1. The molecule has 0 saturated carbocycles. The number of alkyl carbamates (subject to hydrolysis) is 1. The van der Waals surface area contributed by atoms with Crippen LogP contribution in [0, 0.1) is 23.7 Å². The molecule has 10 atom stereocenters. The van der Waals surface area contributed by atoms with E-state index in [1.807, 2.05) is 89.0 Å². The molecule has 0 aliphatic carbocycles. The van der Waals surface area contributed by atoms with Crippen molar-refractivity contribution in [2.75, 3.05) is 73.0 Å². The second-order valence-corrected chi connectivity index (χ2v) is 24.9. The highest BCUT2D eigenvalue weighted by Gasteiger charge is 2.43. The molecule has 1 heterocycles. The second kappa shape index (κ2) is 37.2. The number of anilines is 1. The Kier molecular flexibility index (Phi) is 31.9. The first-order valence-electron chi connectivity index (χ1n) is 31.3. The molecule has 0 spiro atoms. The van der Waals surface area contributed by atoms with Gasteiger partial charge in [0, 0.05) is 59.6 Å². The number of urea groups is 1. The van der Waals surface area contributed by atoms with Crippen LogP contribution >= 0.6 is 0 Å². The maximum Gasteiger partial charge on any atom is 0.408 e. The summed E-state index contributed by atoms with van der Waals surface area (Å²) in [5.74, 6) is -4.13. The van der Waals surface area contributed by atoms with Gasteiger partial charge in [-0.05, 0) is 107 Å². The summed E-state index contributed by atoms with van der Waals surface area (Å²) in [5.41, 5.74) is 6.80. The van der Waals surface area contributed by atoms with Gasteiger partial charge in [-0.1, -0.05) is 111 Å². The van der Waals surface area contributed by atoms with E-state index < -0.39 is 95.8 Å². The Bertz CT molecular complexity index is 2550. The highest BCUT2D eigenvalue weighted by molar-refractivity contribution is 6.00. The van der Waals surface area contributed by atoms with Gasteiger partial charge in [-0.25, -0.2) is 14.4 Å². The van der Waals surface area contributed by atoms with Crippen LogP contribution in [-0.2, 0) is 65.4 Å². The number of methoxy groups -OCH3 is 3. The molecule has 1 aliphatic heterocycles. The van der Waals surface area contributed by atoms with E-state index in [1.165, 1.54) is 19.1 Å². The van der Waals surface area contributed by atoms with Crippen LogP contribution in [0.3, 0.4) is 0 Å². The molecular formula is C65H106N10O13. The molecule has 2 aromatic carbocycles. The molecule has 7 N–H and O–H groups in total. The summed E-state index contributed by atoms with van der Waals surface area (Å²) in [6.07, 6.45) is 2.45. The number of esters is 1. The third-order valence-electron chi connectivity index (χ3n) is 16.4. The largest absolute Gasteiger partial charge is 0.467 e. The van der Waals surface area contributed by atoms with Crippen molar-refractivity contribution in [2.24, 2.45) is 29.4 Å². The predicted molar refractivity (Wildman–Crippen MR) is 339 cm³/mol. The van der Waals surface area contributed by atoms with Gasteiger partial charge in [-0.15, -0.1) is 0 Å². The van der Waals surface area contributed by atoms with E-state index >= 15 is 0 Å². The standard InChI is InChI=1S/C65H106N10O13/c1-17-19-35-75(56(43(7)18-2)51(85-14)39-52(76)74-36-24-28-50(74)57(86-15)44(8)58(78)70-49(62(82)87-16)38-46-25-21-20-22-26-46)53(77)40-68-60(80)55(42(5)6)72(12)37-33-45-29-31-47(32-30-45)73(13)61(81)48(27-23-34-67-63(66)83)69-59(79)54(41(3)4)71-64(84)88-65(9,10)11/h20-22,25-26,29-32,41-44,48-51,54-57H,17-19,23-24,27-28,33-40H2,1-16H3,(H,68,80)(H,69,79)(H,70,78)(H,71,84)(H3,66,67,83). The summed E-state index contributed by atoms with van der Waals surface area (Å²) >= 11 is 0. The Morgan fingerprint density at radius 1 is 0.750 bits per heavy atom. The lowest BCUT2D eigenvalue weighted by Gasteiger charge is -2.41. The lowest BCUT2D eigenvalue weighted by molar-refractivity contribution is -0.148. The molecule has 23 nitrogen and oxygen atoms in total.